The first-order valence-electron chi connectivity index (χ1n) is 5.23. The Morgan fingerprint density at radius 1 is 1.29 bits per heavy atom. The van der Waals surface area contributed by atoms with Gasteiger partial charge in [0.1, 0.15) is 6.61 Å². The quantitative estimate of drug-likeness (QED) is 0.360. The first kappa shape index (κ1) is 16.0. The number of alkyl halides is 3. The number of rotatable bonds is 9. The van der Waals surface area contributed by atoms with E-state index in [1.807, 2.05) is 0 Å². The van der Waals surface area contributed by atoms with Crippen molar-refractivity contribution in [3.63, 3.8) is 0 Å². The lowest BCUT2D eigenvalue weighted by molar-refractivity contribution is -0.140. The third-order valence-electron chi connectivity index (χ3n) is 1.84. The Bertz CT molecular complexity index is 254. The number of hydrogen-bond donors (Lipinski definition) is 0. The lowest BCUT2D eigenvalue weighted by atomic mass is 10.2. The number of hydrogen-bond acceptors (Lipinski definition) is 3. The van der Waals surface area contributed by atoms with Crippen LogP contribution in [0.25, 0.3) is 0 Å². The summed E-state index contributed by atoms with van der Waals surface area (Å²) in [5.41, 5.74) is 0.285. The standard InChI is InChI=1S/C11H17F3O3/c1-9(2)10(15)17-7-6-16-5-3-4-11(13,14)8-12/h1,3-8H2,2H3. The summed E-state index contributed by atoms with van der Waals surface area (Å²) < 4.78 is 46.2. The van der Waals surface area contributed by atoms with E-state index in [1.165, 1.54) is 6.92 Å². The fourth-order valence-corrected chi connectivity index (χ4v) is 0.918. The van der Waals surface area contributed by atoms with Crippen LogP contribution in [-0.2, 0) is 14.3 Å². The largest absolute Gasteiger partial charge is 0.460 e. The molecule has 100 valence electrons. The van der Waals surface area contributed by atoms with E-state index in [9.17, 15) is 18.0 Å². The van der Waals surface area contributed by atoms with Crippen molar-refractivity contribution >= 4 is 5.97 Å². The van der Waals surface area contributed by atoms with E-state index in [0.29, 0.717) is 0 Å². The Balaban J connectivity index is 3.36. The fourth-order valence-electron chi connectivity index (χ4n) is 0.918. The smallest absolute Gasteiger partial charge is 0.333 e. The van der Waals surface area contributed by atoms with Gasteiger partial charge >= 0.3 is 5.97 Å². The molecule has 0 fully saturated rings. The van der Waals surface area contributed by atoms with Crippen molar-refractivity contribution in [2.45, 2.75) is 25.7 Å². The Morgan fingerprint density at radius 2 is 1.94 bits per heavy atom. The van der Waals surface area contributed by atoms with Crippen molar-refractivity contribution < 1.29 is 27.4 Å². The minimum Gasteiger partial charge on any atom is -0.460 e. The van der Waals surface area contributed by atoms with Crippen molar-refractivity contribution in [3.05, 3.63) is 12.2 Å². The molecule has 17 heavy (non-hydrogen) atoms. The zero-order chi connectivity index (χ0) is 13.3. The van der Waals surface area contributed by atoms with Gasteiger partial charge < -0.3 is 9.47 Å². The molecule has 0 N–H and O–H groups in total. The average molecular weight is 254 g/mol. The molecule has 0 unspecified atom stereocenters. The summed E-state index contributed by atoms with van der Waals surface area (Å²) in [5.74, 6) is -3.78. The highest BCUT2D eigenvalue weighted by molar-refractivity contribution is 5.86. The number of esters is 1. The second kappa shape index (κ2) is 8.11. The maximum Gasteiger partial charge on any atom is 0.333 e. The maximum absolute atomic E-state index is 12.4. The molecule has 0 spiro atoms. The molecule has 0 bridgehead atoms. The highest BCUT2D eigenvalue weighted by Gasteiger charge is 2.27. The first-order valence-corrected chi connectivity index (χ1v) is 5.23. The van der Waals surface area contributed by atoms with E-state index in [0.717, 1.165) is 0 Å². The van der Waals surface area contributed by atoms with Crippen molar-refractivity contribution in [1.82, 2.24) is 0 Å². The number of carbonyl (C=O) groups is 1. The van der Waals surface area contributed by atoms with Gasteiger partial charge in [-0.3, -0.25) is 0 Å². The molecule has 0 atom stereocenters. The van der Waals surface area contributed by atoms with Gasteiger partial charge in [-0.25, -0.2) is 18.0 Å². The number of halogens is 3. The van der Waals surface area contributed by atoms with Crippen LogP contribution in [-0.4, -0.2) is 38.4 Å². The Morgan fingerprint density at radius 3 is 2.47 bits per heavy atom. The van der Waals surface area contributed by atoms with E-state index >= 15 is 0 Å². The Kier molecular flexibility index (Phi) is 7.61. The second-order valence-corrected chi connectivity index (χ2v) is 3.62. The van der Waals surface area contributed by atoms with Crippen molar-refractivity contribution in [2.75, 3.05) is 26.5 Å². The van der Waals surface area contributed by atoms with Crippen molar-refractivity contribution in [2.24, 2.45) is 0 Å². The van der Waals surface area contributed by atoms with Gasteiger partial charge in [0.25, 0.3) is 5.92 Å². The molecule has 6 heteroatoms. The SMILES string of the molecule is C=C(C)C(=O)OCCOCCCC(F)(F)CF. The van der Waals surface area contributed by atoms with Crippen LogP contribution < -0.4 is 0 Å². The van der Waals surface area contributed by atoms with Crippen LogP contribution in [0.2, 0.25) is 0 Å². The summed E-state index contributed by atoms with van der Waals surface area (Å²) in [6.07, 6.45) is -0.486. The van der Waals surface area contributed by atoms with Gasteiger partial charge in [0, 0.05) is 18.6 Å². The molecule has 0 heterocycles. The van der Waals surface area contributed by atoms with Gasteiger partial charge in [0.15, 0.2) is 6.67 Å². The molecular weight excluding hydrogens is 237 g/mol. The monoisotopic (exact) mass is 254 g/mol. The molecule has 0 radical (unpaired) electrons. The predicted octanol–water partition coefficient (Wildman–Crippen LogP) is 2.51. The van der Waals surface area contributed by atoms with Gasteiger partial charge in [-0.15, -0.1) is 0 Å². The molecule has 0 saturated heterocycles. The summed E-state index contributed by atoms with van der Waals surface area (Å²) in [7, 11) is 0. The van der Waals surface area contributed by atoms with Crippen molar-refractivity contribution in [1.29, 1.82) is 0 Å². The zero-order valence-electron chi connectivity index (χ0n) is 9.81. The van der Waals surface area contributed by atoms with E-state index in [-0.39, 0.29) is 31.8 Å². The third-order valence-corrected chi connectivity index (χ3v) is 1.84. The van der Waals surface area contributed by atoms with Crippen molar-refractivity contribution in [3.8, 4) is 0 Å². The Hall–Kier alpha value is -1.04. The molecule has 0 aliphatic carbocycles. The van der Waals surface area contributed by atoms with E-state index in [4.69, 9.17) is 9.47 Å². The lowest BCUT2D eigenvalue weighted by Gasteiger charge is -2.11. The van der Waals surface area contributed by atoms with Gasteiger partial charge in [0.2, 0.25) is 0 Å². The predicted molar refractivity (Wildman–Crippen MR) is 56.7 cm³/mol. The minimum atomic E-state index is -3.27. The van der Waals surface area contributed by atoms with Gasteiger partial charge in [0.05, 0.1) is 6.61 Å². The lowest BCUT2D eigenvalue weighted by Crippen LogP contribution is -2.19. The Labute approximate surface area is 98.6 Å². The van der Waals surface area contributed by atoms with Gasteiger partial charge in [-0.05, 0) is 13.3 Å². The van der Waals surface area contributed by atoms with Crippen LogP contribution in [0, 0.1) is 0 Å². The molecule has 3 nitrogen and oxygen atoms in total. The molecule has 0 aromatic carbocycles. The zero-order valence-corrected chi connectivity index (χ0v) is 9.81. The minimum absolute atomic E-state index is 0.0468. The van der Waals surface area contributed by atoms with Crippen LogP contribution in [0.15, 0.2) is 12.2 Å². The summed E-state index contributed by atoms with van der Waals surface area (Å²) >= 11 is 0. The van der Waals surface area contributed by atoms with Crippen LogP contribution >= 0.6 is 0 Å². The molecule has 0 aromatic rings. The summed E-state index contributed by atoms with van der Waals surface area (Å²) in [6.45, 7) is 3.51. The first-order chi connectivity index (χ1) is 7.89. The van der Waals surface area contributed by atoms with Crippen LogP contribution in [0.5, 0.6) is 0 Å². The number of carbonyl (C=O) groups excluding carboxylic acids is 1. The summed E-state index contributed by atoms with van der Waals surface area (Å²) in [5, 5.41) is 0. The van der Waals surface area contributed by atoms with Crippen LogP contribution in [0.1, 0.15) is 19.8 Å². The van der Waals surface area contributed by atoms with Gasteiger partial charge in [-0.2, -0.15) is 0 Å². The molecule has 0 aliphatic heterocycles. The molecule has 0 amide bonds. The molecule has 0 saturated carbocycles. The summed E-state index contributed by atoms with van der Waals surface area (Å²) in [6, 6.07) is 0. The highest BCUT2D eigenvalue weighted by Crippen LogP contribution is 2.20. The molecule has 0 aliphatic rings. The fraction of sp³-hybridized carbons (Fsp3) is 0.727. The highest BCUT2D eigenvalue weighted by atomic mass is 19.3. The molecule has 0 aromatic heterocycles. The van der Waals surface area contributed by atoms with Crippen LogP contribution in [0.4, 0.5) is 13.2 Å². The number of ether oxygens (including phenoxy) is 2. The normalized spacial score (nSPS) is 11.3. The maximum atomic E-state index is 12.4. The van der Waals surface area contributed by atoms with Gasteiger partial charge in [-0.1, -0.05) is 6.58 Å². The summed E-state index contributed by atoms with van der Waals surface area (Å²) in [4.78, 5) is 10.9. The van der Waals surface area contributed by atoms with E-state index < -0.39 is 25.0 Å². The topological polar surface area (TPSA) is 35.5 Å². The third kappa shape index (κ3) is 8.74. The molecular formula is C11H17F3O3. The second-order valence-electron chi connectivity index (χ2n) is 3.62. The van der Waals surface area contributed by atoms with E-state index in [1.54, 1.807) is 0 Å². The molecule has 0 rings (SSSR count). The van der Waals surface area contributed by atoms with Crippen LogP contribution in [0.3, 0.4) is 0 Å². The van der Waals surface area contributed by atoms with E-state index in [2.05, 4.69) is 6.58 Å². The average Bonchev–Trinajstić information content (AvgIpc) is 2.27.